The number of carbonyl (C=O) groups is 3. The number of halogens is 2. The number of hydrogen-bond acceptors (Lipinski definition) is 3. The molecule has 0 heterocycles. The van der Waals surface area contributed by atoms with Gasteiger partial charge in [-0.3, -0.25) is 4.79 Å². The van der Waals surface area contributed by atoms with Gasteiger partial charge < -0.3 is 20.8 Å². The molecule has 9 heteroatoms. The third-order valence-electron chi connectivity index (χ3n) is 2.43. The topological polar surface area (TPSA) is 116 Å². The molecular formula is C12H12ClIN2O5. The van der Waals surface area contributed by atoms with Gasteiger partial charge in [-0.15, -0.1) is 0 Å². The molecule has 0 saturated heterocycles. The summed E-state index contributed by atoms with van der Waals surface area (Å²) in [6.07, 6.45) is -0.569. The lowest BCUT2D eigenvalue weighted by molar-refractivity contribution is -0.140. The van der Waals surface area contributed by atoms with Crippen molar-refractivity contribution in [3.8, 4) is 0 Å². The van der Waals surface area contributed by atoms with Crippen molar-refractivity contribution < 1.29 is 24.6 Å². The minimum atomic E-state index is -1.31. The molecule has 0 aliphatic heterocycles. The molecule has 1 aromatic carbocycles. The van der Waals surface area contributed by atoms with Crippen LogP contribution in [0.1, 0.15) is 12.8 Å². The number of carboxylic acid groups (broad SMARTS) is 2. The van der Waals surface area contributed by atoms with Crippen molar-refractivity contribution in [1.82, 2.24) is 5.32 Å². The van der Waals surface area contributed by atoms with Crippen molar-refractivity contribution in [1.29, 1.82) is 0 Å². The van der Waals surface area contributed by atoms with Crippen LogP contribution in [0.4, 0.5) is 10.5 Å². The first kappa shape index (κ1) is 17.5. The molecule has 0 aliphatic rings. The number of nitrogens with one attached hydrogen (secondary N) is 2. The smallest absolute Gasteiger partial charge is 0.326 e. The second-order valence-corrected chi connectivity index (χ2v) is 5.70. The summed E-state index contributed by atoms with van der Waals surface area (Å²) in [5, 5.41) is 22.4. The molecule has 1 aromatic rings. The van der Waals surface area contributed by atoms with Crippen LogP contribution in [0.5, 0.6) is 0 Å². The fourth-order valence-corrected chi connectivity index (χ4v) is 2.34. The van der Waals surface area contributed by atoms with Crippen molar-refractivity contribution in [3.05, 3.63) is 26.8 Å². The molecule has 2 amide bonds. The Balaban J connectivity index is 2.65. The molecule has 0 bridgehead atoms. The van der Waals surface area contributed by atoms with Crippen molar-refractivity contribution in [2.45, 2.75) is 18.9 Å². The van der Waals surface area contributed by atoms with Gasteiger partial charge in [-0.1, -0.05) is 11.6 Å². The van der Waals surface area contributed by atoms with E-state index in [9.17, 15) is 14.4 Å². The molecule has 1 rings (SSSR count). The minimum Gasteiger partial charge on any atom is -0.481 e. The van der Waals surface area contributed by atoms with E-state index in [1.807, 2.05) is 0 Å². The SMILES string of the molecule is O=C(O)CCC(NC(=O)Nc1ccc(I)cc1Cl)C(=O)O. The van der Waals surface area contributed by atoms with Crippen LogP contribution in [0.3, 0.4) is 0 Å². The molecule has 0 fully saturated rings. The van der Waals surface area contributed by atoms with Gasteiger partial charge in [0.05, 0.1) is 10.7 Å². The number of hydrogen-bond donors (Lipinski definition) is 4. The Morgan fingerprint density at radius 1 is 1.29 bits per heavy atom. The molecule has 114 valence electrons. The van der Waals surface area contributed by atoms with Gasteiger partial charge in [-0.25, -0.2) is 9.59 Å². The Morgan fingerprint density at radius 3 is 2.48 bits per heavy atom. The lowest BCUT2D eigenvalue weighted by Gasteiger charge is -2.15. The van der Waals surface area contributed by atoms with Gasteiger partial charge in [-0.2, -0.15) is 0 Å². The number of aliphatic carboxylic acids is 2. The molecule has 21 heavy (non-hydrogen) atoms. The summed E-state index contributed by atoms with van der Waals surface area (Å²) in [5.74, 6) is -2.44. The fourth-order valence-electron chi connectivity index (χ4n) is 1.43. The van der Waals surface area contributed by atoms with E-state index in [0.717, 1.165) is 3.57 Å². The summed E-state index contributed by atoms with van der Waals surface area (Å²) < 4.78 is 0.883. The number of benzene rings is 1. The molecule has 4 N–H and O–H groups in total. The summed E-state index contributed by atoms with van der Waals surface area (Å²) in [4.78, 5) is 33.1. The second-order valence-electron chi connectivity index (χ2n) is 4.05. The van der Waals surface area contributed by atoms with Gasteiger partial charge in [-0.05, 0) is 47.2 Å². The quantitative estimate of drug-likeness (QED) is 0.521. The first-order chi connectivity index (χ1) is 9.79. The third-order valence-corrected chi connectivity index (χ3v) is 3.41. The number of amides is 2. The summed E-state index contributed by atoms with van der Waals surface area (Å²) in [6, 6.07) is 2.88. The maximum atomic E-state index is 11.7. The van der Waals surface area contributed by atoms with Crippen LogP contribution in [0.25, 0.3) is 0 Å². The van der Waals surface area contributed by atoms with Gasteiger partial charge in [0.2, 0.25) is 0 Å². The highest BCUT2D eigenvalue weighted by molar-refractivity contribution is 14.1. The third kappa shape index (κ3) is 6.17. The number of carbonyl (C=O) groups excluding carboxylic acids is 1. The number of urea groups is 1. The van der Waals surface area contributed by atoms with Crippen molar-refractivity contribution in [2.75, 3.05) is 5.32 Å². The maximum Gasteiger partial charge on any atom is 0.326 e. The van der Waals surface area contributed by atoms with Gasteiger partial charge in [0.25, 0.3) is 0 Å². The monoisotopic (exact) mass is 426 g/mol. The van der Waals surface area contributed by atoms with E-state index >= 15 is 0 Å². The largest absolute Gasteiger partial charge is 0.481 e. The van der Waals surface area contributed by atoms with Gasteiger partial charge in [0.15, 0.2) is 0 Å². The highest BCUT2D eigenvalue weighted by Gasteiger charge is 2.21. The molecular weight excluding hydrogens is 414 g/mol. The van der Waals surface area contributed by atoms with Gasteiger partial charge in [0, 0.05) is 9.99 Å². The van der Waals surface area contributed by atoms with Gasteiger partial charge in [0.1, 0.15) is 6.04 Å². The zero-order valence-electron chi connectivity index (χ0n) is 10.6. The lowest BCUT2D eigenvalue weighted by Crippen LogP contribution is -2.43. The van der Waals surface area contributed by atoms with Crippen molar-refractivity contribution in [3.63, 3.8) is 0 Å². The van der Waals surface area contributed by atoms with E-state index in [1.165, 1.54) is 0 Å². The van der Waals surface area contributed by atoms with E-state index < -0.39 is 24.0 Å². The first-order valence-corrected chi connectivity index (χ1v) is 7.22. The summed E-state index contributed by atoms with van der Waals surface area (Å²) in [5.41, 5.74) is 0.331. The summed E-state index contributed by atoms with van der Waals surface area (Å²) in [6.45, 7) is 0. The zero-order valence-corrected chi connectivity index (χ0v) is 13.5. The Hall–Kier alpha value is -1.55. The highest BCUT2D eigenvalue weighted by atomic mass is 127. The van der Waals surface area contributed by atoms with E-state index in [-0.39, 0.29) is 12.8 Å². The highest BCUT2D eigenvalue weighted by Crippen LogP contribution is 2.23. The minimum absolute atomic E-state index is 0.210. The van der Waals surface area contributed by atoms with E-state index in [2.05, 4.69) is 33.2 Å². The fraction of sp³-hybridized carbons (Fsp3) is 0.250. The molecule has 0 radical (unpaired) electrons. The molecule has 0 aliphatic carbocycles. The van der Waals surface area contributed by atoms with Crippen LogP contribution in [-0.4, -0.2) is 34.2 Å². The van der Waals surface area contributed by atoms with Crippen molar-refractivity contribution in [2.24, 2.45) is 0 Å². The average molecular weight is 427 g/mol. The maximum absolute atomic E-state index is 11.7. The molecule has 0 aromatic heterocycles. The molecule has 1 atom stereocenters. The number of anilines is 1. The Morgan fingerprint density at radius 2 is 1.95 bits per heavy atom. The molecule has 0 saturated carbocycles. The van der Waals surface area contributed by atoms with Gasteiger partial charge >= 0.3 is 18.0 Å². The van der Waals surface area contributed by atoms with E-state index in [4.69, 9.17) is 21.8 Å². The number of carboxylic acids is 2. The van der Waals surface area contributed by atoms with Crippen LogP contribution in [-0.2, 0) is 9.59 Å². The average Bonchev–Trinajstić information content (AvgIpc) is 2.37. The van der Waals surface area contributed by atoms with Crippen LogP contribution in [0.2, 0.25) is 5.02 Å². The Labute approximate surface area is 138 Å². The summed E-state index contributed by atoms with van der Waals surface area (Å²) >= 11 is 7.99. The zero-order chi connectivity index (χ0) is 16.0. The van der Waals surface area contributed by atoms with Crippen LogP contribution >= 0.6 is 34.2 Å². The van der Waals surface area contributed by atoms with E-state index in [0.29, 0.717) is 10.7 Å². The van der Waals surface area contributed by atoms with Crippen LogP contribution < -0.4 is 10.6 Å². The molecule has 7 nitrogen and oxygen atoms in total. The lowest BCUT2D eigenvalue weighted by atomic mass is 10.1. The predicted octanol–water partition coefficient (Wildman–Crippen LogP) is 2.38. The second kappa shape index (κ2) is 8.03. The predicted molar refractivity (Wildman–Crippen MR) is 84.6 cm³/mol. The molecule has 0 spiro atoms. The number of rotatable bonds is 6. The van der Waals surface area contributed by atoms with Crippen LogP contribution in [0.15, 0.2) is 18.2 Å². The normalized spacial score (nSPS) is 11.5. The van der Waals surface area contributed by atoms with Crippen LogP contribution in [0, 0.1) is 3.57 Å². The molecule has 1 unspecified atom stereocenters. The standard InChI is InChI=1S/C12H12ClIN2O5/c13-7-5-6(14)1-2-8(7)15-12(21)16-9(11(19)20)3-4-10(17)18/h1-2,5,9H,3-4H2,(H,17,18)(H,19,20)(H2,15,16,21). The summed E-state index contributed by atoms with van der Waals surface area (Å²) in [7, 11) is 0. The van der Waals surface area contributed by atoms with E-state index in [1.54, 1.807) is 18.2 Å². The first-order valence-electron chi connectivity index (χ1n) is 5.76. The Bertz CT molecular complexity index is 567. The van der Waals surface area contributed by atoms with Crippen molar-refractivity contribution >= 4 is 57.8 Å². The Kier molecular flexibility index (Phi) is 6.69.